The molecular formula is C27H36N6O2. The van der Waals surface area contributed by atoms with Crippen LogP contribution in [-0.2, 0) is 0 Å². The second-order valence-corrected chi connectivity index (χ2v) is 10.7. The second kappa shape index (κ2) is 9.49. The SMILES string of the molecule is Cc1cc(-c2cnc3c(NCC(C)(C)O)cc(NC4CCCCC4)nn23)ccc1C(=O)NC1CC1. The van der Waals surface area contributed by atoms with Crippen LogP contribution in [0.15, 0.2) is 30.5 Å². The molecule has 2 aliphatic carbocycles. The van der Waals surface area contributed by atoms with Crippen LogP contribution in [-0.4, -0.2) is 49.8 Å². The molecule has 5 rings (SSSR count). The highest BCUT2D eigenvalue weighted by Crippen LogP contribution is 2.29. The van der Waals surface area contributed by atoms with E-state index in [1.165, 1.54) is 19.3 Å². The predicted molar refractivity (Wildman–Crippen MR) is 139 cm³/mol. The number of hydrogen-bond acceptors (Lipinski definition) is 6. The molecule has 2 heterocycles. The van der Waals surface area contributed by atoms with E-state index in [4.69, 9.17) is 5.10 Å². The van der Waals surface area contributed by atoms with E-state index in [2.05, 4.69) is 20.9 Å². The van der Waals surface area contributed by atoms with Gasteiger partial charge in [-0.05, 0) is 64.2 Å². The minimum Gasteiger partial charge on any atom is -0.389 e. The maximum absolute atomic E-state index is 12.6. The molecule has 2 fully saturated rings. The van der Waals surface area contributed by atoms with Crippen molar-refractivity contribution < 1.29 is 9.90 Å². The molecule has 2 aliphatic rings. The summed E-state index contributed by atoms with van der Waals surface area (Å²) in [4.78, 5) is 17.2. The van der Waals surface area contributed by atoms with Crippen molar-refractivity contribution in [3.05, 3.63) is 41.6 Å². The van der Waals surface area contributed by atoms with Gasteiger partial charge in [0.15, 0.2) is 5.65 Å². The molecule has 0 radical (unpaired) electrons. The number of anilines is 2. The van der Waals surface area contributed by atoms with E-state index >= 15 is 0 Å². The summed E-state index contributed by atoms with van der Waals surface area (Å²) in [5.74, 6) is 0.781. The quantitative estimate of drug-likeness (QED) is 0.381. The fourth-order valence-electron chi connectivity index (χ4n) is 4.70. The minimum atomic E-state index is -0.860. The molecule has 35 heavy (non-hydrogen) atoms. The summed E-state index contributed by atoms with van der Waals surface area (Å²) in [7, 11) is 0. The number of carbonyl (C=O) groups excluding carboxylic acids is 1. The first-order chi connectivity index (χ1) is 16.8. The molecule has 4 N–H and O–H groups in total. The number of benzene rings is 1. The maximum atomic E-state index is 12.6. The Morgan fingerprint density at radius 3 is 2.57 bits per heavy atom. The molecule has 0 unspecified atom stereocenters. The maximum Gasteiger partial charge on any atom is 0.251 e. The van der Waals surface area contributed by atoms with E-state index < -0.39 is 5.60 Å². The Morgan fingerprint density at radius 1 is 1.11 bits per heavy atom. The Kier molecular flexibility index (Phi) is 6.40. The molecule has 0 bridgehead atoms. The van der Waals surface area contributed by atoms with Gasteiger partial charge in [0, 0.05) is 35.8 Å². The van der Waals surface area contributed by atoms with E-state index in [9.17, 15) is 9.90 Å². The smallest absolute Gasteiger partial charge is 0.251 e. The largest absolute Gasteiger partial charge is 0.389 e. The van der Waals surface area contributed by atoms with Crippen molar-refractivity contribution in [2.24, 2.45) is 0 Å². The van der Waals surface area contributed by atoms with Crippen molar-refractivity contribution in [1.29, 1.82) is 0 Å². The molecule has 3 aromatic rings. The minimum absolute atomic E-state index is 0.00936. The standard InChI is InChI=1S/C27H36N6O2/c1-17-13-18(9-12-21(17)26(34)31-20-10-11-20)23-15-28-25-22(29-16-27(2,3)35)14-24(32-33(23)25)30-19-7-5-4-6-8-19/h9,12-15,19-20,29,35H,4-8,10-11,16H2,1-3H3,(H,30,32)(H,31,34). The fourth-order valence-corrected chi connectivity index (χ4v) is 4.70. The molecule has 2 aromatic heterocycles. The third-order valence-electron chi connectivity index (χ3n) is 6.82. The van der Waals surface area contributed by atoms with Crippen molar-refractivity contribution in [3.8, 4) is 11.3 Å². The van der Waals surface area contributed by atoms with E-state index in [0.717, 1.165) is 54.0 Å². The summed E-state index contributed by atoms with van der Waals surface area (Å²) < 4.78 is 1.86. The van der Waals surface area contributed by atoms with Crippen LogP contribution >= 0.6 is 0 Å². The van der Waals surface area contributed by atoms with Gasteiger partial charge in [-0.3, -0.25) is 4.79 Å². The molecule has 1 amide bonds. The number of imidazole rings is 1. The lowest BCUT2D eigenvalue weighted by Gasteiger charge is -2.24. The molecule has 1 aromatic carbocycles. The van der Waals surface area contributed by atoms with Crippen LogP contribution in [0.25, 0.3) is 16.9 Å². The Balaban J connectivity index is 1.49. The van der Waals surface area contributed by atoms with Gasteiger partial charge in [0.2, 0.25) is 0 Å². The average Bonchev–Trinajstić information content (AvgIpc) is 3.53. The van der Waals surface area contributed by atoms with E-state index in [0.29, 0.717) is 29.8 Å². The number of aryl methyl sites for hydroxylation is 1. The highest BCUT2D eigenvalue weighted by Gasteiger charge is 2.25. The number of aliphatic hydroxyl groups is 1. The third-order valence-corrected chi connectivity index (χ3v) is 6.82. The first kappa shape index (κ1) is 23.6. The van der Waals surface area contributed by atoms with Crippen molar-refractivity contribution >= 4 is 23.1 Å². The van der Waals surface area contributed by atoms with Gasteiger partial charge in [0.25, 0.3) is 5.91 Å². The van der Waals surface area contributed by atoms with Gasteiger partial charge < -0.3 is 21.1 Å². The van der Waals surface area contributed by atoms with Crippen LogP contribution in [0.1, 0.15) is 74.7 Å². The summed E-state index contributed by atoms with van der Waals surface area (Å²) in [6.07, 6.45) is 10.0. The summed E-state index contributed by atoms with van der Waals surface area (Å²) in [5, 5.41) is 25.2. The lowest BCUT2D eigenvalue weighted by atomic mass is 9.95. The zero-order valence-electron chi connectivity index (χ0n) is 20.9. The van der Waals surface area contributed by atoms with Crippen LogP contribution in [0, 0.1) is 6.92 Å². The molecule has 0 atom stereocenters. The molecule has 8 nitrogen and oxygen atoms in total. The number of carbonyl (C=O) groups is 1. The fraction of sp³-hybridized carbons (Fsp3) is 0.519. The lowest BCUT2D eigenvalue weighted by Crippen LogP contribution is -2.29. The van der Waals surface area contributed by atoms with E-state index in [1.807, 2.05) is 41.9 Å². The Labute approximate surface area is 206 Å². The lowest BCUT2D eigenvalue weighted by molar-refractivity contribution is 0.0940. The average molecular weight is 477 g/mol. The van der Waals surface area contributed by atoms with Gasteiger partial charge in [0.1, 0.15) is 5.82 Å². The topological polar surface area (TPSA) is 104 Å². The Morgan fingerprint density at radius 2 is 1.89 bits per heavy atom. The number of rotatable bonds is 8. The van der Waals surface area contributed by atoms with Crippen molar-refractivity contribution in [3.63, 3.8) is 0 Å². The number of fused-ring (bicyclic) bond motifs is 1. The monoisotopic (exact) mass is 476 g/mol. The third kappa shape index (κ3) is 5.59. The van der Waals surface area contributed by atoms with E-state index in [-0.39, 0.29) is 5.91 Å². The zero-order chi connectivity index (χ0) is 24.6. The van der Waals surface area contributed by atoms with Crippen LogP contribution in [0.3, 0.4) is 0 Å². The van der Waals surface area contributed by atoms with Crippen LogP contribution in [0.4, 0.5) is 11.5 Å². The summed E-state index contributed by atoms with van der Waals surface area (Å²) in [6, 6.07) is 8.61. The highest BCUT2D eigenvalue weighted by molar-refractivity contribution is 5.96. The van der Waals surface area contributed by atoms with Gasteiger partial charge in [-0.25, -0.2) is 9.50 Å². The normalized spacial score (nSPS) is 16.9. The van der Waals surface area contributed by atoms with Crippen molar-refractivity contribution in [2.75, 3.05) is 17.2 Å². The number of amides is 1. The Bertz CT molecular complexity index is 1220. The molecule has 186 valence electrons. The zero-order valence-corrected chi connectivity index (χ0v) is 20.9. The first-order valence-corrected chi connectivity index (χ1v) is 12.8. The number of nitrogens with zero attached hydrogens (tertiary/aromatic N) is 3. The van der Waals surface area contributed by atoms with Gasteiger partial charge >= 0.3 is 0 Å². The van der Waals surface area contributed by atoms with Crippen molar-refractivity contribution in [1.82, 2.24) is 19.9 Å². The van der Waals surface area contributed by atoms with Gasteiger partial charge in [-0.2, -0.15) is 0 Å². The summed E-state index contributed by atoms with van der Waals surface area (Å²) in [6.45, 7) is 5.91. The molecule has 2 saturated carbocycles. The highest BCUT2D eigenvalue weighted by atomic mass is 16.3. The van der Waals surface area contributed by atoms with Crippen LogP contribution < -0.4 is 16.0 Å². The van der Waals surface area contributed by atoms with Crippen LogP contribution in [0.2, 0.25) is 0 Å². The molecule has 0 spiro atoms. The molecular weight excluding hydrogens is 440 g/mol. The van der Waals surface area contributed by atoms with Crippen molar-refractivity contribution in [2.45, 2.75) is 83.4 Å². The Hall–Kier alpha value is -3.13. The van der Waals surface area contributed by atoms with E-state index in [1.54, 1.807) is 13.8 Å². The first-order valence-electron chi connectivity index (χ1n) is 12.8. The number of nitrogens with one attached hydrogen (secondary N) is 3. The number of aromatic nitrogens is 3. The van der Waals surface area contributed by atoms with Gasteiger partial charge in [-0.1, -0.05) is 25.3 Å². The van der Waals surface area contributed by atoms with Gasteiger partial charge in [-0.15, -0.1) is 5.10 Å². The van der Waals surface area contributed by atoms with Crippen LogP contribution in [0.5, 0.6) is 0 Å². The molecule has 0 saturated heterocycles. The molecule has 0 aliphatic heterocycles. The number of hydrogen-bond donors (Lipinski definition) is 4. The predicted octanol–water partition coefficient (Wildman–Crippen LogP) is 4.52. The second-order valence-electron chi connectivity index (χ2n) is 10.7. The van der Waals surface area contributed by atoms with Gasteiger partial charge in [0.05, 0.1) is 23.2 Å². The summed E-state index contributed by atoms with van der Waals surface area (Å²) >= 11 is 0. The molecule has 8 heteroatoms. The summed E-state index contributed by atoms with van der Waals surface area (Å²) in [5.41, 5.74) is 4.10.